The molecule has 0 bridgehead atoms. The molecule has 0 aliphatic carbocycles. The van der Waals surface area contributed by atoms with Crippen molar-refractivity contribution < 1.29 is 78.8 Å². The second-order valence-corrected chi connectivity index (χ2v) is 9.94. The number of hydrogen-bond acceptors (Lipinski definition) is 12. The van der Waals surface area contributed by atoms with E-state index in [9.17, 15) is 45.1 Å². The minimum atomic E-state index is -4.92. The van der Waals surface area contributed by atoms with Crippen LogP contribution in [0.4, 0.5) is 30.7 Å². The van der Waals surface area contributed by atoms with E-state index in [0.717, 1.165) is 0 Å². The van der Waals surface area contributed by atoms with Crippen molar-refractivity contribution in [2.75, 3.05) is 0 Å². The fraction of sp³-hybridized carbons (Fsp3) is 0.0606. The van der Waals surface area contributed by atoms with Crippen molar-refractivity contribution in [2.45, 2.75) is 12.4 Å². The molecule has 6 rings (SSSR count). The molecule has 21 heteroatoms. The summed E-state index contributed by atoms with van der Waals surface area (Å²) in [6.45, 7) is 0.875. The van der Waals surface area contributed by atoms with Gasteiger partial charge in [-0.1, -0.05) is 12.1 Å². The van der Waals surface area contributed by atoms with Gasteiger partial charge in [0.1, 0.15) is 23.1 Å². The summed E-state index contributed by atoms with van der Waals surface area (Å²) >= 11 is 0. The fourth-order valence-electron chi connectivity index (χ4n) is 4.27. The standard InChI is InChI=1S/C18H11N3O6.C15H5F7N4.Ru/c22-9-25-12-1-3-19-15(5-12)17-7-14(27-11-24)8-18(21-17)16-6-13(26-10-23)2-4-20-16;16-9-5-4-7(6-8(9)14(17,18)19)10-2-1-3-11(23-10)12-24-13(26-25-12)15(20,21)22;/h1-11H;1-3,5-6H;/q;-2;+2. The molecule has 0 atom stereocenters. The minimum absolute atomic E-state index is 0. The largest absolute Gasteiger partial charge is 2.00 e. The SMILES string of the molecule is Fc1c[c-]c(-c2cccc(-c3nc(C(F)(F)F)n[n-]3)n2)cc1C(F)(F)F.O=COc1ccnc(-c2cc(OC=O)cc(-c3cc(OC=O)ccn3)n2)c1.[Ru+2]. The van der Waals surface area contributed by atoms with Gasteiger partial charge in [0.25, 0.3) is 19.4 Å². The zero-order valence-corrected chi connectivity index (χ0v) is 28.1. The maximum Gasteiger partial charge on any atom is 2.00 e. The van der Waals surface area contributed by atoms with Crippen molar-refractivity contribution in [3.8, 4) is 62.8 Å². The Kier molecular flexibility index (Phi) is 12.9. The van der Waals surface area contributed by atoms with Gasteiger partial charge in [0, 0.05) is 48.0 Å². The van der Waals surface area contributed by atoms with Gasteiger partial charge in [0.2, 0.25) is 0 Å². The van der Waals surface area contributed by atoms with Crippen LogP contribution in [0, 0.1) is 11.9 Å². The van der Waals surface area contributed by atoms with E-state index in [1.54, 1.807) is 0 Å². The van der Waals surface area contributed by atoms with E-state index in [-0.39, 0.29) is 60.2 Å². The van der Waals surface area contributed by atoms with Crippen molar-refractivity contribution in [3.63, 3.8) is 0 Å². The number of aromatic nitrogens is 7. The molecule has 6 aromatic rings. The van der Waals surface area contributed by atoms with E-state index in [0.29, 0.717) is 47.9 Å². The molecule has 0 unspecified atom stereocenters. The third kappa shape index (κ3) is 10.1. The zero-order valence-electron chi connectivity index (χ0n) is 26.3. The van der Waals surface area contributed by atoms with Crippen molar-refractivity contribution >= 4 is 19.4 Å². The van der Waals surface area contributed by atoms with Crippen LogP contribution in [0.5, 0.6) is 17.2 Å². The number of nitrogens with zero attached hydrogens (tertiary/aromatic N) is 7. The van der Waals surface area contributed by atoms with Crippen LogP contribution >= 0.6 is 0 Å². The number of hydrogen-bond donors (Lipinski definition) is 0. The average molecular weight is 841 g/mol. The van der Waals surface area contributed by atoms with Crippen molar-refractivity contribution in [2.24, 2.45) is 0 Å². The second-order valence-electron chi connectivity index (χ2n) is 9.94. The molecule has 0 aliphatic heterocycles. The first-order valence-electron chi connectivity index (χ1n) is 14.3. The van der Waals surface area contributed by atoms with Gasteiger partial charge >= 0.3 is 31.8 Å². The van der Waals surface area contributed by atoms with E-state index >= 15 is 0 Å². The first-order valence-corrected chi connectivity index (χ1v) is 14.3. The second kappa shape index (κ2) is 17.3. The number of ether oxygens (including phenoxy) is 3. The van der Waals surface area contributed by atoms with Crippen LogP contribution in [0.3, 0.4) is 0 Å². The molecular weight excluding hydrogens is 824 g/mol. The summed E-state index contributed by atoms with van der Waals surface area (Å²) in [6, 6.07) is 16.2. The van der Waals surface area contributed by atoms with Gasteiger partial charge in [-0.15, -0.1) is 23.8 Å². The Morgan fingerprint density at radius 2 is 1.15 bits per heavy atom. The molecule has 54 heavy (non-hydrogen) atoms. The van der Waals surface area contributed by atoms with Gasteiger partial charge < -0.3 is 24.3 Å². The minimum Gasteiger partial charge on any atom is -0.429 e. The van der Waals surface area contributed by atoms with Crippen molar-refractivity contribution in [3.05, 3.63) is 102 Å². The summed E-state index contributed by atoms with van der Waals surface area (Å²) in [4.78, 5) is 51.7. The number of alkyl halides is 6. The van der Waals surface area contributed by atoms with E-state index in [1.165, 1.54) is 67.0 Å². The van der Waals surface area contributed by atoms with E-state index in [2.05, 4.69) is 41.2 Å². The Labute approximate surface area is 310 Å². The molecule has 1 aromatic carbocycles. The topological polar surface area (TPSA) is 170 Å². The third-order valence-corrected chi connectivity index (χ3v) is 6.50. The number of pyridine rings is 4. The molecule has 13 nitrogen and oxygen atoms in total. The Hall–Kier alpha value is -6.50. The first-order chi connectivity index (χ1) is 25.3. The fourth-order valence-corrected chi connectivity index (χ4v) is 4.27. The van der Waals surface area contributed by atoms with Gasteiger partial charge in [-0.3, -0.25) is 38.8 Å². The van der Waals surface area contributed by atoms with Crippen LogP contribution in [-0.4, -0.2) is 49.4 Å². The van der Waals surface area contributed by atoms with Gasteiger partial charge in [-0.05, 0) is 29.7 Å². The monoisotopic (exact) mass is 841 g/mol. The molecule has 0 spiro atoms. The number of carbonyl (C=O) groups excluding carboxylic acids is 3. The number of rotatable bonds is 10. The van der Waals surface area contributed by atoms with Crippen molar-refractivity contribution in [1.82, 2.24) is 35.1 Å². The molecule has 276 valence electrons. The van der Waals surface area contributed by atoms with Crippen LogP contribution in [-0.2, 0) is 46.2 Å². The van der Waals surface area contributed by atoms with E-state index in [4.69, 9.17) is 14.2 Å². The molecule has 0 saturated heterocycles. The molecule has 0 saturated carbocycles. The molecule has 0 aliphatic rings. The van der Waals surface area contributed by atoms with Gasteiger partial charge in [-0.25, -0.2) is 4.98 Å². The summed E-state index contributed by atoms with van der Waals surface area (Å²) < 4.78 is 104. The van der Waals surface area contributed by atoms with Crippen molar-refractivity contribution in [1.29, 1.82) is 0 Å². The van der Waals surface area contributed by atoms with Gasteiger partial charge in [0.05, 0.1) is 28.5 Å². The summed E-state index contributed by atoms with van der Waals surface area (Å²) in [5, 5.41) is 6.16. The summed E-state index contributed by atoms with van der Waals surface area (Å²) in [5.41, 5.74) is -0.462. The average Bonchev–Trinajstić information content (AvgIpc) is 3.64. The Balaban J connectivity index is 0.000000236. The Morgan fingerprint density at radius 3 is 1.67 bits per heavy atom. The van der Waals surface area contributed by atoms with Crippen LogP contribution in [0.25, 0.3) is 45.6 Å². The quantitative estimate of drug-likeness (QED) is 0.0687. The molecule has 5 aromatic heterocycles. The number of carbonyl (C=O) groups is 3. The summed E-state index contributed by atoms with van der Waals surface area (Å²) in [5.74, 6) is -2.66. The normalized spacial score (nSPS) is 10.9. The predicted molar refractivity (Wildman–Crippen MR) is 164 cm³/mol. The molecular formula is C33H16F7N7O6Ru. The number of halogens is 7. The molecule has 5 heterocycles. The van der Waals surface area contributed by atoms with Gasteiger partial charge in [-0.2, -0.15) is 26.3 Å². The zero-order chi connectivity index (χ0) is 38.2. The van der Waals surface area contributed by atoms with E-state index < -0.39 is 35.4 Å². The maximum absolute atomic E-state index is 13.3. The molecule has 0 fully saturated rings. The summed E-state index contributed by atoms with van der Waals surface area (Å²) in [7, 11) is 0. The van der Waals surface area contributed by atoms with Crippen LogP contribution in [0.15, 0.2) is 79.1 Å². The molecule has 0 radical (unpaired) electrons. The first kappa shape index (κ1) is 40.3. The smallest absolute Gasteiger partial charge is 0.429 e. The number of benzene rings is 1. The van der Waals surface area contributed by atoms with E-state index in [1.807, 2.05) is 0 Å². The van der Waals surface area contributed by atoms with Gasteiger partial charge in [0.15, 0.2) is 0 Å². The molecule has 0 N–H and O–H groups in total. The Bertz CT molecular complexity index is 2200. The third-order valence-electron chi connectivity index (χ3n) is 6.50. The maximum atomic E-state index is 13.3. The van der Waals surface area contributed by atoms with Crippen LogP contribution in [0.1, 0.15) is 11.4 Å². The predicted octanol–water partition coefficient (Wildman–Crippen LogP) is 5.95. The summed E-state index contributed by atoms with van der Waals surface area (Å²) in [6.07, 6.45) is -6.83. The van der Waals surface area contributed by atoms with Crippen LogP contribution < -0.4 is 19.3 Å². The Morgan fingerprint density at radius 1 is 0.630 bits per heavy atom. The molecule has 0 amide bonds. The van der Waals surface area contributed by atoms with Crippen LogP contribution in [0.2, 0.25) is 0 Å².